The number of hydrogen-bond acceptors (Lipinski definition) is 5. The van der Waals surface area contributed by atoms with E-state index in [-0.39, 0.29) is 12.5 Å². The van der Waals surface area contributed by atoms with Gasteiger partial charge in [0, 0.05) is 25.8 Å². The normalized spacial score (nSPS) is 16.8. The van der Waals surface area contributed by atoms with Gasteiger partial charge in [-0.2, -0.15) is 0 Å². The van der Waals surface area contributed by atoms with E-state index in [0.717, 1.165) is 25.9 Å². The molecule has 3 heterocycles. The summed E-state index contributed by atoms with van der Waals surface area (Å²) in [6.07, 6.45) is 4.49. The van der Waals surface area contributed by atoms with E-state index in [2.05, 4.69) is 17.2 Å². The average Bonchev–Trinajstić information content (AvgIpc) is 3.15. The molecule has 0 aromatic carbocycles. The van der Waals surface area contributed by atoms with Crippen molar-refractivity contribution in [3.63, 3.8) is 0 Å². The Hall–Kier alpha value is -2.34. The fraction of sp³-hybridized carbons (Fsp3) is 0.444. The van der Waals surface area contributed by atoms with Gasteiger partial charge in [0.15, 0.2) is 0 Å². The van der Waals surface area contributed by atoms with Gasteiger partial charge >= 0.3 is 0 Å². The molecular formula is C18H23N3O3. The third kappa shape index (κ3) is 3.94. The van der Waals surface area contributed by atoms with Crippen LogP contribution >= 0.6 is 0 Å². The maximum Gasteiger partial charge on any atom is 0.255 e. The first-order chi connectivity index (χ1) is 11.6. The number of rotatable bonds is 5. The van der Waals surface area contributed by atoms with Crippen LogP contribution in [0.5, 0.6) is 0 Å². The predicted octanol–water partition coefficient (Wildman–Crippen LogP) is 2.69. The molecule has 128 valence electrons. The molecule has 0 saturated carbocycles. The molecule has 0 spiro atoms. The summed E-state index contributed by atoms with van der Waals surface area (Å²) in [5, 5.41) is 13.0. The lowest BCUT2D eigenvalue weighted by atomic mass is 9.99. The van der Waals surface area contributed by atoms with Crippen LogP contribution in [-0.4, -0.2) is 40.5 Å². The molecule has 0 bridgehead atoms. The number of aliphatic hydroxyl groups excluding tert-OH is 1. The SMILES string of the molecule is CC1CCN(C(=O)c2ccc(NC[C@H](O)c3ccco3)nc2)CC1. The molecule has 2 N–H and O–H groups in total. The Morgan fingerprint density at radius 3 is 2.83 bits per heavy atom. The lowest BCUT2D eigenvalue weighted by molar-refractivity contribution is 0.0697. The molecule has 1 atom stereocenters. The molecule has 0 radical (unpaired) electrons. The molecular weight excluding hydrogens is 306 g/mol. The molecule has 1 saturated heterocycles. The summed E-state index contributed by atoms with van der Waals surface area (Å²) in [5.41, 5.74) is 0.599. The van der Waals surface area contributed by atoms with Gasteiger partial charge in [-0.1, -0.05) is 6.92 Å². The summed E-state index contributed by atoms with van der Waals surface area (Å²) >= 11 is 0. The zero-order valence-corrected chi connectivity index (χ0v) is 13.8. The molecule has 6 nitrogen and oxygen atoms in total. The zero-order valence-electron chi connectivity index (χ0n) is 13.8. The van der Waals surface area contributed by atoms with Gasteiger partial charge < -0.3 is 19.7 Å². The second-order valence-corrected chi connectivity index (χ2v) is 6.32. The van der Waals surface area contributed by atoms with Crippen LogP contribution < -0.4 is 5.32 Å². The standard InChI is InChI=1S/C18H23N3O3/c1-13-6-8-21(9-7-13)18(23)14-4-5-17(19-11-14)20-12-15(22)16-3-2-10-24-16/h2-5,10-11,13,15,22H,6-9,12H2,1H3,(H,19,20)/t15-/m0/s1. The van der Waals surface area contributed by atoms with Gasteiger partial charge in [0.2, 0.25) is 0 Å². The van der Waals surface area contributed by atoms with Crippen LogP contribution in [-0.2, 0) is 0 Å². The molecule has 1 amide bonds. The van der Waals surface area contributed by atoms with E-state index >= 15 is 0 Å². The minimum Gasteiger partial charge on any atom is -0.467 e. The number of hydrogen-bond donors (Lipinski definition) is 2. The number of nitrogens with zero attached hydrogens (tertiary/aromatic N) is 2. The van der Waals surface area contributed by atoms with Crippen LogP contribution in [0.2, 0.25) is 0 Å². The van der Waals surface area contributed by atoms with Gasteiger partial charge in [0.1, 0.15) is 17.7 Å². The van der Waals surface area contributed by atoms with Crippen molar-refractivity contribution in [1.82, 2.24) is 9.88 Å². The van der Waals surface area contributed by atoms with Gasteiger partial charge in [0.25, 0.3) is 5.91 Å². The lowest BCUT2D eigenvalue weighted by Gasteiger charge is -2.30. The first kappa shape index (κ1) is 16.5. The van der Waals surface area contributed by atoms with Crippen LogP contribution in [0.25, 0.3) is 0 Å². The van der Waals surface area contributed by atoms with E-state index in [1.807, 2.05) is 4.90 Å². The number of likely N-dealkylation sites (tertiary alicyclic amines) is 1. The van der Waals surface area contributed by atoms with E-state index in [1.54, 1.807) is 30.5 Å². The van der Waals surface area contributed by atoms with Gasteiger partial charge in [0.05, 0.1) is 11.8 Å². The van der Waals surface area contributed by atoms with E-state index in [1.165, 1.54) is 6.26 Å². The molecule has 2 aromatic rings. The molecule has 1 fully saturated rings. The third-order valence-corrected chi connectivity index (χ3v) is 4.43. The fourth-order valence-electron chi connectivity index (χ4n) is 2.80. The monoisotopic (exact) mass is 329 g/mol. The Balaban J connectivity index is 1.54. The smallest absolute Gasteiger partial charge is 0.255 e. The van der Waals surface area contributed by atoms with E-state index in [9.17, 15) is 9.90 Å². The average molecular weight is 329 g/mol. The molecule has 0 unspecified atom stereocenters. The molecule has 24 heavy (non-hydrogen) atoms. The van der Waals surface area contributed by atoms with Crippen molar-refractivity contribution in [2.24, 2.45) is 5.92 Å². The molecule has 2 aromatic heterocycles. The number of carbonyl (C=O) groups is 1. The van der Waals surface area contributed by atoms with Crippen LogP contribution in [0.4, 0.5) is 5.82 Å². The number of anilines is 1. The number of amides is 1. The van der Waals surface area contributed by atoms with E-state index in [0.29, 0.717) is 23.1 Å². The highest BCUT2D eigenvalue weighted by molar-refractivity contribution is 5.94. The van der Waals surface area contributed by atoms with Crippen molar-refractivity contribution in [2.45, 2.75) is 25.9 Å². The second kappa shape index (κ2) is 7.49. The first-order valence-corrected chi connectivity index (χ1v) is 8.34. The van der Waals surface area contributed by atoms with Crippen LogP contribution in [0.15, 0.2) is 41.1 Å². The van der Waals surface area contributed by atoms with Crippen molar-refractivity contribution in [3.8, 4) is 0 Å². The number of carbonyl (C=O) groups excluding carboxylic acids is 1. The molecule has 1 aliphatic rings. The number of nitrogens with one attached hydrogen (secondary N) is 1. The minimum absolute atomic E-state index is 0.0385. The first-order valence-electron chi connectivity index (χ1n) is 8.34. The van der Waals surface area contributed by atoms with Gasteiger partial charge in [-0.05, 0) is 43.0 Å². The van der Waals surface area contributed by atoms with Crippen molar-refractivity contribution in [2.75, 3.05) is 25.0 Å². The highest BCUT2D eigenvalue weighted by atomic mass is 16.4. The minimum atomic E-state index is -0.738. The second-order valence-electron chi connectivity index (χ2n) is 6.32. The fourth-order valence-corrected chi connectivity index (χ4v) is 2.80. The summed E-state index contributed by atoms with van der Waals surface area (Å²) < 4.78 is 5.15. The summed E-state index contributed by atoms with van der Waals surface area (Å²) in [4.78, 5) is 18.6. The highest BCUT2D eigenvalue weighted by Crippen LogP contribution is 2.19. The highest BCUT2D eigenvalue weighted by Gasteiger charge is 2.21. The molecule has 0 aliphatic carbocycles. The maximum atomic E-state index is 12.5. The number of pyridine rings is 1. The van der Waals surface area contributed by atoms with Gasteiger partial charge in [-0.3, -0.25) is 4.79 Å². The Morgan fingerprint density at radius 1 is 1.42 bits per heavy atom. The Labute approximate surface area is 141 Å². The summed E-state index contributed by atoms with van der Waals surface area (Å²) in [7, 11) is 0. The number of piperidine rings is 1. The molecule has 3 rings (SSSR count). The Morgan fingerprint density at radius 2 is 2.21 bits per heavy atom. The van der Waals surface area contributed by atoms with Crippen LogP contribution in [0, 0.1) is 5.92 Å². The van der Waals surface area contributed by atoms with Crippen molar-refractivity contribution < 1.29 is 14.3 Å². The lowest BCUT2D eigenvalue weighted by Crippen LogP contribution is -2.37. The van der Waals surface area contributed by atoms with E-state index < -0.39 is 6.10 Å². The number of furan rings is 1. The topological polar surface area (TPSA) is 78.6 Å². The third-order valence-electron chi connectivity index (χ3n) is 4.43. The Bertz CT molecular complexity index is 647. The Kier molecular flexibility index (Phi) is 5.15. The summed E-state index contributed by atoms with van der Waals surface area (Å²) in [6.45, 7) is 4.14. The van der Waals surface area contributed by atoms with Gasteiger partial charge in [-0.15, -0.1) is 0 Å². The van der Waals surface area contributed by atoms with Crippen molar-refractivity contribution in [3.05, 3.63) is 48.0 Å². The zero-order chi connectivity index (χ0) is 16.9. The van der Waals surface area contributed by atoms with Crippen LogP contribution in [0.3, 0.4) is 0 Å². The quantitative estimate of drug-likeness (QED) is 0.882. The van der Waals surface area contributed by atoms with E-state index in [4.69, 9.17) is 4.42 Å². The van der Waals surface area contributed by atoms with Crippen molar-refractivity contribution in [1.29, 1.82) is 0 Å². The molecule has 1 aliphatic heterocycles. The molecule has 6 heteroatoms. The van der Waals surface area contributed by atoms with Gasteiger partial charge in [-0.25, -0.2) is 4.98 Å². The predicted molar refractivity (Wildman–Crippen MR) is 90.7 cm³/mol. The largest absolute Gasteiger partial charge is 0.467 e. The van der Waals surface area contributed by atoms with Crippen LogP contribution in [0.1, 0.15) is 42.0 Å². The number of aliphatic hydroxyl groups is 1. The maximum absolute atomic E-state index is 12.5. The summed E-state index contributed by atoms with van der Waals surface area (Å²) in [6, 6.07) is 6.99. The summed E-state index contributed by atoms with van der Waals surface area (Å²) in [5.74, 6) is 1.86. The number of aromatic nitrogens is 1. The van der Waals surface area contributed by atoms with Crippen molar-refractivity contribution >= 4 is 11.7 Å².